The Morgan fingerprint density at radius 3 is 1.75 bits per heavy atom. The molecule has 2 heterocycles. The summed E-state index contributed by atoms with van der Waals surface area (Å²) in [4.78, 5) is 47.1. The molecule has 2 rings (SSSR count). The highest BCUT2D eigenvalue weighted by Crippen LogP contribution is 2.39. The molecule has 3 unspecified atom stereocenters. The van der Waals surface area contributed by atoms with Crippen LogP contribution >= 0.6 is 0 Å². The summed E-state index contributed by atoms with van der Waals surface area (Å²) < 4.78 is 9.53. The highest BCUT2D eigenvalue weighted by molar-refractivity contribution is 5.95. The van der Waals surface area contributed by atoms with Gasteiger partial charge < -0.3 is 9.47 Å². The summed E-state index contributed by atoms with van der Waals surface area (Å²) in [6.45, 7) is 17.6. The third-order valence-corrected chi connectivity index (χ3v) is 11.6. The Hall–Kier alpha value is -3.28. The fraction of sp³-hybridized carbons (Fsp3) is 0.644. The van der Waals surface area contributed by atoms with E-state index in [2.05, 4.69) is 103 Å². The standard InChI is InChI=1S/C45H68O6/c1-8-21-36(26-28-38-32-40(46)50-42(38)48)24-17-15-16-22-35(9-2)23-18-19-30-45(13-6,14-7)34-37(25-20-31-44(10-3,11-4)12-5)27-29-39-33-41(47)51-43(39)49/h9,15-16,19-20,26-27,30-31,35,38-39H,2,8,10-14,17-18,21-25,28-29,32-34H2,1,3-7H3/b16-15+,30-19+,31-20+,36-26-,37-27+. The Morgan fingerprint density at radius 2 is 1.25 bits per heavy atom. The number of rotatable bonds is 26. The minimum atomic E-state index is -0.411. The van der Waals surface area contributed by atoms with Gasteiger partial charge in [-0.1, -0.05) is 114 Å². The molecule has 0 bridgehead atoms. The average Bonchev–Trinajstić information content (AvgIpc) is 3.64. The zero-order valence-corrected chi connectivity index (χ0v) is 32.8. The molecule has 0 aromatic heterocycles. The van der Waals surface area contributed by atoms with Gasteiger partial charge in [0.05, 0.1) is 24.7 Å². The lowest BCUT2D eigenvalue weighted by atomic mass is 9.75. The molecule has 3 atom stereocenters. The second-order valence-electron chi connectivity index (χ2n) is 14.8. The number of hydrogen-bond donors (Lipinski definition) is 0. The molecule has 0 spiro atoms. The molecule has 2 fully saturated rings. The topological polar surface area (TPSA) is 86.7 Å². The van der Waals surface area contributed by atoms with Crippen molar-refractivity contribution in [3.05, 3.63) is 72.4 Å². The molecular formula is C45H68O6. The van der Waals surface area contributed by atoms with Crippen LogP contribution in [0.3, 0.4) is 0 Å². The van der Waals surface area contributed by atoms with Crippen LogP contribution in [0.15, 0.2) is 72.4 Å². The first-order valence-electron chi connectivity index (χ1n) is 20.0. The SMILES string of the molecule is C=CC(C/C=C/CC/C(=C\CC1CC(=O)OC1=O)CCC)CC/C=C/C(CC)(CC)C/C(=C/CC1CC(=O)OC1=O)C/C=C/C(CC)(CC)CC. The first kappa shape index (κ1) is 43.9. The van der Waals surface area contributed by atoms with Crippen LogP contribution in [0, 0.1) is 28.6 Å². The number of carbonyl (C=O) groups excluding carboxylic acids is 4. The Morgan fingerprint density at radius 1 is 0.706 bits per heavy atom. The monoisotopic (exact) mass is 705 g/mol. The van der Waals surface area contributed by atoms with Gasteiger partial charge in [-0.05, 0) is 113 Å². The largest absolute Gasteiger partial charge is 0.393 e. The lowest BCUT2D eigenvalue weighted by molar-refractivity contribution is -0.154. The second-order valence-corrected chi connectivity index (χ2v) is 14.8. The zero-order valence-electron chi connectivity index (χ0n) is 32.8. The lowest BCUT2D eigenvalue weighted by Gasteiger charge is -2.30. The third-order valence-electron chi connectivity index (χ3n) is 11.6. The van der Waals surface area contributed by atoms with Crippen molar-refractivity contribution in [2.45, 2.75) is 157 Å². The molecule has 2 aliphatic rings. The molecule has 6 heteroatoms. The summed E-state index contributed by atoms with van der Waals surface area (Å²) in [5.74, 6) is -1.89. The van der Waals surface area contributed by atoms with Crippen molar-refractivity contribution in [1.29, 1.82) is 0 Å². The molecule has 0 aliphatic carbocycles. The third kappa shape index (κ3) is 15.1. The number of allylic oxidation sites excluding steroid dienone is 11. The number of esters is 4. The summed E-state index contributed by atoms with van der Waals surface area (Å²) in [5.41, 5.74) is 2.93. The van der Waals surface area contributed by atoms with Gasteiger partial charge in [0, 0.05) is 0 Å². The van der Waals surface area contributed by atoms with Gasteiger partial charge in [0.2, 0.25) is 0 Å². The van der Waals surface area contributed by atoms with Gasteiger partial charge in [-0.15, -0.1) is 6.58 Å². The minimum Gasteiger partial charge on any atom is -0.393 e. The van der Waals surface area contributed by atoms with Crippen molar-refractivity contribution < 1.29 is 28.7 Å². The van der Waals surface area contributed by atoms with Crippen LogP contribution in [0.1, 0.15) is 157 Å². The average molecular weight is 705 g/mol. The molecule has 0 aromatic carbocycles. The summed E-state index contributed by atoms with van der Waals surface area (Å²) in [5, 5.41) is 0. The Kier molecular flexibility index (Phi) is 20.1. The number of carbonyl (C=O) groups is 4. The van der Waals surface area contributed by atoms with Crippen LogP contribution in [0.5, 0.6) is 0 Å². The van der Waals surface area contributed by atoms with Gasteiger partial charge in [0.25, 0.3) is 0 Å². The molecule has 0 amide bonds. The molecule has 51 heavy (non-hydrogen) atoms. The molecule has 2 saturated heterocycles. The Bertz CT molecular complexity index is 1280. The van der Waals surface area contributed by atoms with E-state index in [0.29, 0.717) is 18.8 Å². The van der Waals surface area contributed by atoms with Crippen molar-refractivity contribution in [2.75, 3.05) is 0 Å². The summed E-state index contributed by atoms with van der Waals surface area (Å²) in [6.07, 6.45) is 36.2. The van der Waals surface area contributed by atoms with Crippen molar-refractivity contribution in [2.24, 2.45) is 28.6 Å². The summed E-state index contributed by atoms with van der Waals surface area (Å²) >= 11 is 0. The molecule has 0 saturated carbocycles. The van der Waals surface area contributed by atoms with E-state index in [-0.39, 0.29) is 47.4 Å². The lowest BCUT2D eigenvalue weighted by Crippen LogP contribution is -2.17. The molecule has 6 nitrogen and oxygen atoms in total. The van der Waals surface area contributed by atoms with Gasteiger partial charge >= 0.3 is 23.9 Å². The van der Waals surface area contributed by atoms with Crippen LogP contribution in [-0.4, -0.2) is 23.9 Å². The molecular weight excluding hydrogens is 636 g/mol. The molecule has 284 valence electrons. The number of cyclic esters (lactones) is 4. The maximum Gasteiger partial charge on any atom is 0.317 e. The van der Waals surface area contributed by atoms with E-state index in [1.165, 1.54) is 11.1 Å². The summed E-state index contributed by atoms with van der Waals surface area (Å²) in [6, 6.07) is 0. The van der Waals surface area contributed by atoms with Crippen molar-refractivity contribution in [1.82, 2.24) is 0 Å². The predicted octanol–water partition coefficient (Wildman–Crippen LogP) is 11.8. The van der Waals surface area contributed by atoms with Crippen molar-refractivity contribution >= 4 is 23.9 Å². The Labute approximate surface area is 310 Å². The van der Waals surface area contributed by atoms with E-state index in [1.807, 2.05) is 0 Å². The van der Waals surface area contributed by atoms with Gasteiger partial charge in [0.15, 0.2) is 0 Å². The van der Waals surface area contributed by atoms with Crippen molar-refractivity contribution in [3.8, 4) is 0 Å². The maximum atomic E-state index is 12.2. The van der Waals surface area contributed by atoms with Crippen molar-refractivity contribution in [3.63, 3.8) is 0 Å². The van der Waals surface area contributed by atoms with Crippen LogP contribution in [-0.2, 0) is 28.7 Å². The van der Waals surface area contributed by atoms with Gasteiger partial charge in [-0.3, -0.25) is 19.2 Å². The molecule has 0 N–H and O–H groups in total. The summed E-state index contributed by atoms with van der Waals surface area (Å²) in [7, 11) is 0. The number of hydrogen-bond acceptors (Lipinski definition) is 6. The van der Waals surface area contributed by atoms with Gasteiger partial charge in [-0.2, -0.15) is 0 Å². The maximum absolute atomic E-state index is 12.2. The molecule has 2 aliphatic heterocycles. The molecule has 0 aromatic rings. The van der Waals surface area contributed by atoms with E-state index < -0.39 is 11.9 Å². The van der Waals surface area contributed by atoms with Crippen LogP contribution < -0.4 is 0 Å². The zero-order chi connectivity index (χ0) is 37.7. The fourth-order valence-electron chi connectivity index (χ4n) is 7.34. The van der Waals surface area contributed by atoms with E-state index >= 15 is 0 Å². The van der Waals surface area contributed by atoms with E-state index in [1.54, 1.807) is 0 Å². The van der Waals surface area contributed by atoms with Crippen LogP contribution in [0.2, 0.25) is 0 Å². The first-order valence-corrected chi connectivity index (χ1v) is 20.0. The second kappa shape index (κ2) is 23.3. The normalized spacial score (nSPS) is 20.0. The molecule has 0 radical (unpaired) electrons. The van der Waals surface area contributed by atoms with E-state index in [9.17, 15) is 19.2 Å². The number of ether oxygens (including phenoxy) is 2. The van der Waals surface area contributed by atoms with Gasteiger partial charge in [-0.25, -0.2) is 0 Å². The highest BCUT2D eigenvalue weighted by atomic mass is 16.6. The van der Waals surface area contributed by atoms with Gasteiger partial charge in [0.1, 0.15) is 0 Å². The van der Waals surface area contributed by atoms with E-state index in [0.717, 1.165) is 89.9 Å². The fourth-order valence-corrected chi connectivity index (χ4v) is 7.34. The first-order chi connectivity index (χ1) is 24.5. The van der Waals surface area contributed by atoms with Crippen LogP contribution in [0.25, 0.3) is 0 Å². The highest BCUT2D eigenvalue weighted by Gasteiger charge is 2.33. The minimum absolute atomic E-state index is 0.0317. The predicted molar refractivity (Wildman–Crippen MR) is 208 cm³/mol. The Balaban J connectivity index is 1.99. The smallest absolute Gasteiger partial charge is 0.317 e. The van der Waals surface area contributed by atoms with Crippen LogP contribution in [0.4, 0.5) is 0 Å². The van der Waals surface area contributed by atoms with E-state index in [4.69, 9.17) is 9.47 Å². The quantitative estimate of drug-likeness (QED) is 0.0506.